The number of hydrogen-bond donors (Lipinski definition) is 1. The molecule has 0 saturated carbocycles. The van der Waals surface area contributed by atoms with Crippen LogP contribution in [0.1, 0.15) is 37.0 Å². The predicted octanol–water partition coefficient (Wildman–Crippen LogP) is 1.66. The third kappa shape index (κ3) is 3.28. The quantitative estimate of drug-likeness (QED) is 0.666. The van der Waals surface area contributed by atoms with Crippen molar-refractivity contribution in [2.24, 2.45) is 0 Å². The molecule has 2 rings (SSSR count). The molecule has 0 aliphatic carbocycles. The van der Waals surface area contributed by atoms with Gasteiger partial charge in [0.1, 0.15) is 5.82 Å². The number of amides is 1. The van der Waals surface area contributed by atoms with Crippen molar-refractivity contribution in [1.82, 2.24) is 9.97 Å². The number of hydrogen-bond acceptors (Lipinski definition) is 4. The van der Waals surface area contributed by atoms with Crippen molar-refractivity contribution in [2.75, 3.05) is 5.32 Å². The summed E-state index contributed by atoms with van der Waals surface area (Å²) in [4.78, 5) is 20.4. The van der Waals surface area contributed by atoms with Crippen LogP contribution in [0.4, 0.5) is 5.69 Å². The molecule has 0 radical (unpaired) electrons. The van der Waals surface area contributed by atoms with E-state index in [0.717, 1.165) is 0 Å². The van der Waals surface area contributed by atoms with Crippen LogP contribution in [-0.2, 0) is 5.41 Å². The van der Waals surface area contributed by atoms with Crippen molar-refractivity contribution in [3.63, 3.8) is 0 Å². The Bertz CT molecular complexity index is 601. The summed E-state index contributed by atoms with van der Waals surface area (Å²) in [6.45, 7) is 6.05. The third-order valence-corrected chi connectivity index (χ3v) is 2.64. The van der Waals surface area contributed by atoms with Crippen LogP contribution in [0, 0.1) is 5.21 Å². The Morgan fingerprint density at radius 1 is 1.20 bits per heavy atom. The van der Waals surface area contributed by atoms with Crippen LogP contribution in [0.3, 0.4) is 0 Å². The van der Waals surface area contributed by atoms with E-state index in [2.05, 4.69) is 15.3 Å². The number of pyridine rings is 1. The molecule has 1 N–H and O–H groups in total. The van der Waals surface area contributed by atoms with Gasteiger partial charge in [-0.1, -0.05) is 20.8 Å². The van der Waals surface area contributed by atoms with Gasteiger partial charge in [0, 0.05) is 17.5 Å². The number of carbonyl (C=O) groups is 1. The van der Waals surface area contributed by atoms with E-state index in [4.69, 9.17) is 0 Å². The van der Waals surface area contributed by atoms with Crippen LogP contribution in [0.5, 0.6) is 0 Å². The summed E-state index contributed by atoms with van der Waals surface area (Å²) in [5.41, 5.74) is 0.780. The molecule has 0 atom stereocenters. The smallest absolute Gasteiger partial charge is 0.256 e. The molecular weight excluding hydrogens is 256 g/mol. The summed E-state index contributed by atoms with van der Waals surface area (Å²) >= 11 is 0. The monoisotopic (exact) mass is 272 g/mol. The maximum absolute atomic E-state index is 11.9. The maximum atomic E-state index is 11.9. The lowest BCUT2D eigenvalue weighted by molar-refractivity contribution is -0.605. The molecule has 1 amide bonds. The van der Waals surface area contributed by atoms with Crippen molar-refractivity contribution >= 4 is 11.6 Å². The second kappa shape index (κ2) is 5.24. The molecular formula is C14H16N4O2. The summed E-state index contributed by atoms with van der Waals surface area (Å²) in [5, 5.41) is 13.6. The molecule has 0 unspecified atom stereocenters. The van der Waals surface area contributed by atoms with Crippen molar-refractivity contribution in [2.45, 2.75) is 26.2 Å². The minimum atomic E-state index is -0.308. The summed E-state index contributed by atoms with van der Waals surface area (Å²) in [6.07, 6.45) is 5.69. The van der Waals surface area contributed by atoms with E-state index in [1.807, 2.05) is 20.8 Å². The third-order valence-electron chi connectivity index (χ3n) is 2.64. The number of nitrogens with zero attached hydrogens (tertiary/aromatic N) is 3. The number of carbonyl (C=O) groups excluding carboxylic acids is 1. The van der Waals surface area contributed by atoms with Crippen LogP contribution in [0.2, 0.25) is 0 Å². The van der Waals surface area contributed by atoms with Gasteiger partial charge in [-0.05, 0) is 0 Å². The molecule has 2 heterocycles. The highest BCUT2D eigenvalue weighted by atomic mass is 16.5. The molecule has 20 heavy (non-hydrogen) atoms. The average Bonchev–Trinajstić information content (AvgIpc) is 2.39. The Morgan fingerprint density at radius 3 is 2.25 bits per heavy atom. The topological polar surface area (TPSA) is 81.8 Å². The lowest BCUT2D eigenvalue weighted by atomic mass is 9.96. The molecule has 0 fully saturated rings. The summed E-state index contributed by atoms with van der Waals surface area (Å²) in [6, 6.07) is 2.90. The molecule has 0 aliphatic heterocycles. The van der Waals surface area contributed by atoms with Crippen LogP contribution in [0.15, 0.2) is 36.9 Å². The molecule has 6 nitrogen and oxygen atoms in total. The van der Waals surface area contributed by atoms with E-state index in [0.29, 0.717) is 21.8 Å². The van der Waals surface area contributed by atoms with Crippen LogP contribution in [-0.4, -0.2) is 15.9 Å². The molecule has 0 bridgehead atoms. The van der Waals surface area contributed by atoms with Gasteiger partial charge in [-0.15, -0.1) is 0 Å². The van der Waals surface area contributed by atoms with Gasteiger partial charge in [-0.25, -0.2) is 9.97 Å². The number of aromatic nitrogens is 3. The minimum absolute atomic E-state index is 0.135. The van der Waals surface area contributed by atoms with Gasteiger partial charge in [-0.3, -0.25) is 4.79 Å². The highest BCUT2D eigenvalue weighted by molar-refractivity contribution is 6.03. The highest BCUT2D eigenvalue weighted by Gasteiger charge is 2.17. The number of nitrogens with one attached hydrogen (secondary N) is 1. The van der Waals surface area contributed by atoms with Gasteiger partial charge < -0.3 is 10.5 Å². The van der Waals surface area contributed by atoms with E-state index in [-0.39, 0.29) is 11.3 Å². The molecule has 104 valence electrons. The summed E-state index contributed by atoms with van der Waals surface area (Å²) in [7, 11) is 0. The fourth-order valence-electron chi connectivity index (χ4n) is 1.55. The molecule has 2 aromatic heterocycles. The Hall–Kier alpha value is -2.50. The second-order valence-electron chi connectivity index (χ2n) is 5.45. The lowest BCUT2D eigenvalue weighted by Crippen LogP contribution is -2.25. The first-order valence-corrected chi connectivity index (χ1v) is 6.19. The van der Waals surface area contributed by atoms with Gasteiger partial charge in [0.2, 0.25) is 0 Å². The molecule has 0 spiro atoms. The van der Waals surface area contributed by atoms with Gasteiger partial charge in [0.15, 0.2) is 12.4 Å². The van der Waals surface area contributed by atoms with E-state index >= 15 is 0 Å². The van der Waals surface area contributed by atoms with Gasteiger partial charge in [0.05, 0.1) is 23.6 Å². The van der Waals surface area contributed by atoms with E-state index in [1.54, 1.807) is 12.4 Å². The first-order chi connectivity index (χ1) is 9.36. The fourth-order valence-corrected chi connectivity index (χ4v) is 1.55. The Morgan fingerprint density at radius 2 is 1.75 bits per heavy atom. The SMILES string of the molecule is CC(C)(C)c1ncc(NC(=O)c2cc[n+]([O-])cc2)cn1. The van der Waals surface area contributed by atoms with E-state index in [9.17, 15) is 10.0 Å². The Kier molecular flexibility index (Phi) is 3.65. The predicted molar refractivity (Wildman–Crippen MR) is 74.1 cm³/mol. The lowest BCUT2D eigenvalue weighted by Gasteiger charge is -2.16. The van der Waals surface area contributed by atoms with Crippen molar-refractivity contribution in [1.29, 1.82) is 0 Å². The van der Waals surface area contributed by atoms with Crippen molar-refractivity contribution < 1.29 is 9.52 Å². The minimum Gasteiger partial charge on any atom is -0.619 e. The van der Waals surface area contributed by atoms with Crippen LogP contribution in [0.25, 0.3) is 0 Å². The van der Waals surface area contributed by atoms with Gasteiger partial charge in [0.25, 0.3) is 5.91 Å². The fraction of sp³-hybridized carbons (Fsp3) is 0.286. The zero-order chi connectivity index (χ0) is 14.8. The molecule has 2 aromatic rings. The molecule has 0 aromatic carbocycles. The zero-order valence-corrected chi connectivity index (χ0v) is 11.6. The Labute approximate surface area is 117 Å². The van der Waals surface area contributed by atoms with Crippen LogP contribution >= 0.6 is 0 Å². The van der Waals surface area contributed by atoms with Crippen molar-refractivity contribution in [3.8, 4) is 0 Å². The van der Waals surface area contributed by atoms with Crippen molar-refractivity contribution in [3.05, 3.63) is 53.5 Å². The highest BCUT2D eigenvalue weighted by Crippen LogP contribution is 2.18. The average molecular weight is 272 g/mol. The van der Waals surface area contributed by atoms with E-state index < -0.39 is 0 Å². The molecule has 0 saturated heterocycles. The van der Waals surface area contributed by atoms with Crippen LogP contribution < -0.4 is 10.0 Å². The Balaban J connectivity index is 2.10. The molecule has 6 heteroatoms. The summed E-state index contributed by atoms with van der Waals surface area (Å²) < 4.78 is 0.623. The first-order valence-electron chi connectivity index (χ1n) is 6.19. The standard InChI is InChI=1S/C14H16N4O2/c1-14(2,3)13-15-8-11(9-16-13)17-12(19)10-4-6-18(20)7-5-10/h4-9H,1-3H3,(H,17,19). The first kappa shape index (κ1) is 13.9. The summed E-state index contributed by atoms with van der Waals surface area (Å²) in [5.74, 6) is 0.403. The zero-order valence-electron chi connectivity index (χ0n) is 11.6. The molecule has 0 aliphatic rings. The normalized spacial score (nSPS) is 11.2. The largest absolute Gasteiger partial charge is 0.619 e. The van der Waals surface area contributed by atoms with E-state index in [1.165, 1.54) is 24.5 Å². The van der Waals surface area contributed by atoms with Gasteiger partial charge in [-0.2, -0.15) is 4.73 Å². The number of rotatable bonds is 2. The maximum Gasteiger partial charge on any atom is 0.256 e. The number of anilines is 1. The van der Waals surface area contributed by atoms with Gasteiger partial charge >= 0.3 is 0 Å². The second-order valence-corrected chi connectivity index (χ2v) is 5.45.